The van der Waals surface area contributed by atoms with E-state index in [-0.39, 0.29) is 11.6 Å². The second kappa shape index (κ2) is 11.7. The normalized spacial score (nSPS) is 11.0. The third-order valence-electron chi connectivity index (χ3n) is 4.98. The van der Waals surface area contributed by atoms with Crippen LogP contribution in [0.1, 0.15) is 21.5 Å². The maximum Gasteiger partial charge on any atom is 0.272 e. The van der Waals surface area contributed by atoms with Gasteiger partial charge in [0.05, 0.1) is 0 Å². The summed E-state index contributed by atoms with van der Waals surface area (Å²) in [7, 11) is 0. The van der Waals surface area contributed by atoms with Gasteiger partial charge < -0.3 is 10.6 Å². The van der Waals surface area contributed by atoms with Gasteiger partial charge in [-0.3, -0.25) is 9.59 Å². The molecular formula is C29H24N2O2S. The molecule has 168 valence electrons. The molecule has 2 amide bonds. The van der Waals surface area contributed by atoms with Crippen LogP contribution in [-0.2, 0) is 10.5 Å². The molecule has 0 aliphatic rings. The minimum absolute atomic E-state index is 0.169. The number of nitrogens with one attached hydrogen (secondary N) is 2. The molecule has 0 bridgehead atoms. The van der Waals surface area contributed by atoms with Gasteiger partial charge in [-0.2, -0.15) is 0 Å². The minimum Gasteiger partial charge on any atom is -0.321 e. The summed E-state index contributed by atoms with van der Waals surface area (Å²) in [6, 6.07) is 36.2. The van der Waals surface area contributed by atoms with E-state index in [1.807, 2.05) is 78.9 Å². The molecule has 4 aromatic carbocycles. The average Bonchev–Trinajstić information content (AvgIpc) is 2.89. The number of carbonyl (C=O) groups excluding carboxylic acids is 2. The highest BCUT2D eigenvalue weighted by atomic mass is 32.2. The highest BCUT2D eigenvalue weighted by Crippen LogP contribution is 2.25. The number of benzene rings is 4. The van der Waals surface area contributed by atoms with Crippen molar-refractivity contribution >= 4 is 35.3 Å². The fourth-order valence-corrected chi connectivity index (χ4v) is 4.17. The molecule has 2 N–H and O–H groups in total. The van der Waals surface area contributed by atoms with Crippen LogP contribution in [0.4, 0.5) is 5.69 Å². The zero-order valence-electron chi connectivity index (χ0n) is 18.5. The predicted molar refractivity (Wildman–Crippen MR) is 139 cm³/mol. The Morgan fingerprint density at radius 3 is 2.09 bits per heavy atom. The van der Waals surface area contributed by atoms with Gasteiger partial charge in [0.15, 0.2) is 0 Å². The second-order valence-corrected chi connectivity index (χ2v) is 8.59. The minimum atomic E-state index is -0.390. The summed E-state index contributed by atoms with van der Waals surface area (Å²) in [4.78, 5) is 27.0. The molecule has 0 radical (unpaired) electrons. The van der Waals surface area contributed by atoms with Crippen LogP contribution in [0.3, 0.4) is 0 Å². The lowest BCUT2D eigenvalue weighted by molar-refractivity contribution is -0.113. The van der Waals surface area contributed by atoms with Gasteiger partial charge in [0, 0.05) is 21.9 Å². The Balaban J connectivity index is 1.50. The number of anilines is 1. The molecule has 4 rings (SSSR count). The number of hydrogen-bond acceptors (Lipinski definition) is 3. The lowest BCUT2D eigenvalue weighted by atomic mass is 10.1. The standard InChI is InChI=1S/C29H24N2O2S/c32-28(24-15-8-3-9-16-24)31-27(19-22-11-4-1-5-12-22)29(33)30-25-17-10-18-26(20-25)34-21-23-13-6-2-7-14-23/h1-20H,21H2,(H,30,33)(H,31,32)/b27-19+. The fraction of sp³-hybridized carbons (Fsp3) is 0.0345. The largest absolute Gasteiger partial charge is 0.321 e. The van der Waals surface area contributed by atoms with Crippen molar-refractivity contribution in [2.75, 3.05) is 5.32 Å². The number of amides is 2. The number of thioether (sulfide) groups is 1. The van der Waals surface area contributed by atoms with Crippen molar-refractivity contribution < 1.29 is 9.59 Å². The van der Waals surface area contributed by atoms with Crippen molar-refractivity contribution in [3.63, 3.8) is 0 Å². The van der Waals surface area contributed by atoms with Crippen LogP contribution in [0, 0.1) is 0 Å². The van der Waals surface area contributed by atoms with E-state index in [0.29, 0.717) is 11.3 Å². The number of hydrogen-bond donors (Lipinski definition) is 2. The zero-order chi connectivity index (χ0) is 23.6. The first-order valence-corrected chi connectivity index (χ1v) is 11.9. The molecule has 0 aliphatic carbocycles. The smallest absolute Gasteiger partial charge is 0.272 e. The SMILES string of the molecule is O=C(Nc1cccc(SCc2ccccc2)c1)/C(=C\c1ccccc1)NC(=O)c1ccccc1. The van der Waals surface area contributed by atoms with Crippen LogP contribution in [0.5, 0.6) is 0 Å². The summed E-state index contributed by atoms with van der Waals surface area (Å²) >= 11 is 1.70. The van der Waals surface area contributed by atoms with Crippen molar-refractivity contribution in [1.29, 1.82) is 0 Å². The van der Waals surface area contributed by atoms with Gasteiger partial charge in [0.25, 0.3) is 11.8 Å². The van der Waals surface area contributed by atoms with E-state index >= 15 is 0 Å². The third-order valence-corrected chi connectivity index (χ3v) is 6.04. The van der Waals surface area contributed by atoms with Gasteiger partial charge in [-0.25, -0.2) is 0 Å². The Bertz CT molecular complexity index is 1270. The van der Waals surface area contributed by atoms with Crippen LogP contribution < -0.4 is 10.6 Å². The molecule has 34 heavy (non-hydrogen) atoms. The highest BCUT2D eigenvalue weighted by molar-refractivity contribution is 7.98. The number of carbonyl (C=O) groups is 2. The van der Waals surface area contributed by atoms with Crippen molar-refractivity contribution in [3.8, 4) is 0 Å². The van der Waals surface area contributed by atoms with Gasteiger partial charge in [-0.05, 0) is 47.5 Å². The first kappa shape index (κ1) is 23.1. The van der Waals surface area contributed by atoms with E-state index in [4.69, 9.17) is 0 Å². The molecule has 0 saturated carbocycles. The maximum absolute atomic E-state index is 13.2. The first-order valence-electron chi connectivity index (χ1n) is 10.9. The molecule has 0 unspecified atom stereocenters. The molecule has 4 aromatic rings. The van der Waals surface area contributed by atoms with Gasteiger partial charge in [0.1, 0.15) is 5.70 Å². The third kappa shape index (κ3) is 6.70. The van der Waals surface area contributed by atoms with Gasteiger partial charge in [-0.15, -0.1) is 11.8 Å². The number of rotatable bonds is 8. The van der Waals surface area contributed by atoms with E-state index in [1.54, 1.807) is 42.1 Å². The van der Waals surface area contributed by atoms with Gasteiger partial charge >= 0.3 is 0 Å². The van der Waals surface area contributed by atoms with E-state index in [0.717, 1.165) is 16.2 Å². The van der Waals surface area contributed by atoms with Crippen LogP contribution in [-0.4, -0.2) is 11.8 Å². The van der Waals surface area contributed by atoms with Crippen molar-refractivity contribution in [3.05, 3.63) is 138 Å². The van der Waals surface area contributed by atoms with Gasteiger partial charge in [0.2, 0.25) is 0 Å². The molecule has 0 atom stereocenters. The topological polar surface area (TPSA) is 58.2 Å². The molecular weight excluding hydrogens is 440 g/mol. The summed E-state index contributed by atoms with van der Waals surface area (Å²) < 4.78 is 0. The zero-order valence-corrected chi connectivity index (χ0v) is 19.3. The summed E-state index contributed by atoms with van der Waals surface area (Å²) in [5.74, 6) is 0.105. The van der Waals surface area contributed by atoms with Crippen LogP contribution in [0.25, 0.3) is 6.08 Å². The second-order valence-electron chi connectivity index (χ2n) is 7.55. The summed E-state index contributed by atoms with van der Waals surface area (Å²) in [6.07, 6.45) is 1.67. The molecule has 0 fully saturated rings. The molecule has 4 nitrogen and oxygen atoms in total. The molecule has 0 heterocycles. The van der Waals surface area contributed by atoms with E-state index in [2.05, 4.69) is 22.8 Å². The van der Waals surface area contributed by atoms with Crippen LogP contribution in [0.2, 0.25) is 0 Å². The van der Waals surface area contributed by atoms with Crippen molar-refractivity contribution in [2.45, 2.75) is 10.6 Å². The van der Waals surface area contributed by atoms with Crippen LogP contribution >= 0.6 is 11.8 Å². The van der Waals surface area contributed by atoms with Crippen LogP contribution in [0.15, 0.2) is 126 Å². The van der Waals surface area contributed by atoms with E-state index < -0.39 is 5.91 Å². The quantitative estimate of drug-likeness (QED) is 0.235. The van der Waals surface area contributed by atoms with Gasteiger partial charge in [-0.1, -0.05) is 84.9 Å². The predicted octanol–water partition coefficient (Wildman–Crippen LogP) is 6.39. The average molecular weight is 465 g/mol. The molecule has 0 aliphatic heterocycles. The Hall–Kier alpha value is -4.09. The molecule has 0 aromatic heterocycles. The van der Waals surface area contributed by atoms with E-state index in [9.17, 15) is 9.59 Å². The highest BCUT2D eigenvalue weighted by Gasteiger charge is 2.15. The maximum atomic E-state index is 13.2. The van der Waals surface area contributed by atoms with Crippen molar-refractivity contribution in [1.82, 2.24) is 5.32 Å². The monoisotopic (exact) mass is 464 g/mol. The first-order chi connectivity index (χ1) is 16.7. The summed E-state index contributed by atoms with van der Waals surface area (Å²) in [6.45, 7) is 0. The Kier molecular flexibility index (Phi) is 7.93. The van der Waals surface area contributed by atoms with Crippen molar-refractivity contribution in [2.24, 2.45) is 0 Å². The molecule has 0 spiro atoms. The summed E-state index contributed by atoms with van der Waals surface area (Å²) in [5.41, 5.74) is 3.36. The molecule has 0 saturated heterocycles. The summed E-state index contributed by atoms with van der Waals surface area (Å²) in [5, 5.41) is 5.69. The lowest BCUT2D eigenvalue weighted by Gasteiger charge is -2.12. The Morgan fingerprint density at radius 2 is 1.38 bits per heavy atom. The fourth-order valence-electron chi connectivity index (χ4n) is 3.26. The Morgan fingerprint density at radius 1 is 0.735 bits per heavy atom. The molecule has 5 heteroatoms. The lowest BCUT2D eigenvalue weighted by Crippen LogP contribution is -2.30. The Labute approximate surface area is 203 Å². The van der Waals surface area contributed by atoms with E-state index in [1.165, 1.54) is 5.56 Å².